The van der Waals surface area contributed by atoms with Crippen LogP contribution >= 0.6 is 0 Å². The monoisotopic (exact) mass is 451 g/mol. The molecule has 1 amide bonds. The van der Waals surface area contributed by atoms with Gasteiger partial charge in [0.25, 0.3) is 5.91 Å². The van der Waals surface area contributed by atoms with E-state index in [1.807, 2.05) is 13.8 Å². The molecule has 0 aliphatic rings. The summed E-state index contributed by atoms with van der Waals surface area (Å²) in [6.07, 6.45) is 0.962. The van der Waals surface area contributed by atoms with Gasteiger partial charge < -0.3 is 23.3 Å². The highest BCUT2D eigenvalue weighted by Gasteiger charge is 2.22. The smallest absolute Gasteiger partial charge is 0.306 e. The van der Waals surface area contributed by atoms with Crippen molar-refractivity contribution in [3.05, 3.63) is 47.5 Å². The Morgan fingerprint density at radius 2 is 1.61 bits per heavy atom. The maximum absolute atomic E-state index is 13.4. The second-order valence-electron chi connectivity index (χ2n) is 7.42. The van der Waals surface area contributed by atoms with Gasteiger partial charge in [-0.05, 0) is 35.7 Å². The molecule has 8 nitrogen and oxygen atoms in total. The van der Waals surface area contributed by atoms with Crippen LogP contribution in [0.2, 0.25) is 0 Å². The molecule has 0 fully saturated rings. The lowest BCUT2D eigenvalue weighted by Gasteiger charge is -2.26. The Kier molecular flexibility index (Phi) is 8.15. The number of methoxy groups -OCH3 is 3. The van der Waals surface area contributed by atoms with Gasteiger partial charge in [-0.1, -0.05) is 19.9 Å². The average molecular weight is 452 g/mol. The standard InChI is InChI=1S/C22H29NO7S/c1-15(2)13-23(22(24)18-9-8-17(27-3)12-20(18)29-5)14-16-7-10-19(28-4)21(11-16)30-31(6,25)26/h7-12,15H,13-14H2,1-6H3. The fraction of sp³-hybridized carbons (Fsp3) is 0.409. The van der Waals surface area contributed by atoms with Crippen LogP contribution in [0.3, 0.4) is 0 Å². The Labute approximate surface area is 183 Å². The third kappa shape index (κ3) is 6.78. The molecule has 0 aromatic heterocycles. The van der Waals surface area contributed by atoms with Crippen molar-refractivity contribution < 1.29 is 31.6 Å². The summed E-state index contributed by atoms with van der Waals surface area (Å²) >= 11 is 0. The van der Waals surface area contributed by atoms with Crippen molar-refractivity contribution in [2.45, 2.75) is 20.4 Å². The number of ether oxygens (including phenoxy) is 3. The van der Waals surface area contributed by atoms with Gasteiger partial charge in [-0.15, -0.1) is 0 Å². The SMILES string of the molecule is COc1ccc(C(=O)N(Cc2ccc(OC)c(OS(C)(=O)=O)c2)CC(C)C)c(OC)c1. The summed E-state index contributed by atoms with van der Waals surface area (Å²) in [5, 5.41) is 0. The van der Waals surface area contributed by atoms with E-state index < -0.39 is 10.1 Å². The molecular formula is C22H29NO7S. The predicted molar refractivity (Wildman–Crippen MR) is 118 cm³/mol. The van der Waals surface area contributed by atoms with Gasteiger partial charge in [0.15, 0.2) is 11.5 Å². The predicted octanol–water partition coefficient (Wildman–Crippen LogP) is 3.35. The Hall–Kier alpha value is -2.94. The van der Waals surface area contributed by atoms with Gasteiger partial charge in [0.1, 0.15) is 11.5 Å². The number of amides is 1. The molecular weight excluding hydrogens is 422 g/mol. The largest absolute Gasteiger partial charge is 0.497 e. The van der Waals surface area contributed by atoms with E-state index >= 15 is 0 Å². The number of benzene rings is 2. The molecule has 2 rings (SSSR count). The van der Waals surface area contributed by atoms with E-state index in [9.17, 15) is 13.2 Å². The zero-order valence-corrected chi connectivity index (χ0v) is 19.5. The number of rotatable bonds is 10. The summed E-state index contributed by atoms with van der Waals surface area (Å²) in [6, 6.07) is 9.97. The maximum atomic E-state index is 13.4. The number of nitrogens with zero attached hydrogens (tertiary/aromatic N) is 1. The van der Waals surface area contributed by atoms with Crippen LogP contribution < -0.4 is 18.4 Å². The molecule has 0 unspecified atom stereocenters. The van der Waals surface area contributed by atoms with E-state index in [4.69, 9.17) is 18.4 Å². The lowest BCUT2D eigenvalue weighted by molar-refractivity contribution is 0.0719. The van der Waals surface area contributed by atoms with E-state index in [0.717, 1.165) is 6.26 Å². The normalized spacial score (nSPS) is 11.2. The Balaban J connectivity index is 2.40. The summed E-state index contributed by atoms with van der Waals surface area (Å²) in [4.78, 5) is 15.0. The summed E-state index contributed by atoms with van der Waals surface area (Å²) in [6.45, 7) is 4.76. The fourth-order valence-electron chi connectivity index (χ4n) is 3.07. The first-order valence-corrected chi connectivity index (χ1v) is 11.5. The second kappa shape index (κ2) is 10.4. The molecule has 0 N–H and O–H groups in total. The van der Waals surface area contributed by atoms with E-state index in [1.165, 1.54) is 14.2 Å². The molecule has 0 aliphatic heterocycles. The van der Waals surface area contributed by atoms with Gasteiger partial charge in [-0.2, -0.15) is 8.42 Å². The molecule has 170 valence electrons. The van der Waals surface area contributed by atoms with Gasteiger partial charge in [0, 0.05) is 19.2 Å². The van der Waals surface area contributed by atoms with Gasteiger partial charge in [0.2, 0.25) is 0 Å². The highest BCUT2D eigenvalue weighted by atomic mass is 32.2. The molecule has 0 aliphatic carbocycles. The highest BCUT2D eigenvalue weighted by molar-refractivity contribution is 7.86. The summed E-state index contributed by atoms with van der Waals surface area (Å²) in [7, 11) is 0.727. The number of carbonyl (C=O) groups excluding carboxylic acids is 1. The number of hydrogen-bond donors (Lipinski definition) is 0. The molecule has 31 heavy (non-hydrogen) atoms. The zero-order chi connectivity index (χ0) is 23.2. The van der Waals surface area contributed by atoms with Crippen LogP contribution in [0.15, 0.2) is 36.4 Å². The summed E-state index contributed by atoms with van der Waals surface area (Å²) < 4.78 is 44.0. The number of carbonyl (C=O) groups is 1. The van der Waals surface area contributed by atoms with Gasteiger partial charge >= 0.3 is 10.1 Å². The topological polar surface area (TPSA) is 91.4 Å². The molecule has 2 aromatic carbocycles. The molecule has 0 bridgehead atoms. The van der Waals surface area contributed by atoms with Crippen molar-refractivity contribution >= 4 is 16.0 Å². The lowest BCUT2D eigenvalue weighted by atomic mass is 10.1. The van der Waals surface area contributed by atoms with Crippen LogP contribution in [0.4, 0.5) is 0 Å². The second-order valence-corrected chi connectivity index (χ2v) is 8.99. The minimum Gasteiger partial charge on any atom is -0.497 e. The summed E-state index contributed by atoms with van der Waals surface area (Å²) in [5.74, 6) is 1.34. The van der Waals surface area contributed by atoms with Crippen LogP contribution in [0.5, 0.6) is 23.0 Å². The molecule has 9 heteroatoms. The first-order valence-electron chi connectivity index (χ1n) is 9.65. The molecule has 0 spiro atoms. The van der Waals surface area contributed by atoms with Crippen molar-refractivity contribution in [1.29, 1.82) is 0 Å². The Morgan fingerprint density at radius 3 is 2.16 bits per heavy atom. The van der Waals surface area contributed by atoms with Crippen LogP contribution in [0.1, 0.15) is 29.8 Å². The van der Waals surface area contributed by atoms with Crippen molar-refractivity contribution in [3.8, 4) is 23.0 Å². The minimum absolute atomic E-state index is 0.0708. The molecule has 0 atom stereocenters. The van der Waals surface area contributed by atoms with Crippen molar-refractivity contribution in [2.75, 3.05) is 34.1 Å². The summed E-state index contributed by atoms with van der Waals surface area (Å²) in [5.41, 5.74) is 1.10. The average Bonchev–Trinajstić information content (AvgIpc) is 2.71. The molecule has 0 radical (unpaired) electrons. The third-order valence-electron chi connectivity index (χ3n) is 4.35. The fourth-order valence-corrected chi connectivity index (χ4v) is 3.53. The molecule has 0 heterocycles. The highest BCUT2D eigenvalue weighted by Crippen LogP contribution is 2.31. The van der Waals surface area contributed by atoms with E-state index in [2.05, 4.69) is 0 Å². The molecule has 0 saturated carbocycles. The Morgan fingerprint density at radius 1 is 0.935 bits per heavy atom. The van der Waals surface area contributed by atoms with E-state index in [-0.39, 0.29) is 29.9 Å². The van der Waals surface area contributed by atoms with Crippen LogP contribution in [0.25, 0.3) is 0 Å². The Bertz CT molecular complexity index is 1020. The zero-order valence-electron chi connectivity index (χ0n) is 18.7. The quantitative estimate of drug-likeness (QED) is 0.512. The first kappa shape index (κ1) is 24.3. The minimum atomic E-state index is -3.74. The van der Waals surface area contributed by atoms with E-state index in [0.29, 0.717) is 29.2 Å². The van der Waals surface area contributed by atoms with E-state index in [1.54, 1.807) is 48.4 Å². The lowest BCUT2D eigenvalue weighted by Crippen LogP contribution is -2.34. The molecule has 0 saturated heterocycles. The van der Waals surface area contributed by atoms with Crippen LogP contribution in [0, 0.1) is 5.92 Å². The third-order valence-corrected chi connectivity index (χ3v) is 4.84. The van der Waals surface area contributed by atoms with Crippen LogP contribution in [-0.2, 0) is 16.7 Å². The van der Waals surface area contributed by atoms with Gasteiger partial charge in [-0.25, -0.2) is 0 Å². The number of hydrogen-bond acceptors (Lipinski definition) is 7. The van der Waals surface area contributed by atoms with Crippen molar-refractivity contribution in [3.63, 3.8) is 0 Å². The molecule has 2 aromatic rings. The van der Waals surface area contributed by atoms with Gasteiger partial charge in [-0.3, -0.25) is 4.79 Å². The van der Waals surface area contributed by atoms with Crippen LogP contribution in [-0.4, -0.2) is 53.4 Å². The van der Waals surface area contributed by atoms with Crippen molar-refractivity contribution in [1.82, 2.24) is 4.90 Å². The van der Waals surface area contributed by atoms with Crippen molar-refractivity contribution in [2.24, 2.45) is 5.92 Å². The first-order chi connectivity index (χ1) is 14.6. The van der Waals surface area contributed by atoms with Gasteiger partial charge in [0.05, 0.1) is 33.1 Å². The maximum Gasteiger partial charge on any atom is 0.306 e.